The zero-order valence-electron chi connectivity index (χ0n) is 16.9. The van der Waals surface area contributed by atoms with Crippen LogP contribution in [0.5, 0.6) is 0 Å². The minimum absolute atomic E-state index is 0.163. The molecular weight excluding hydrogens is 394 g/mol. The number of nitrogens with one attached hydrogen (secondary N) is 1. The second-order valence-electron chi connectivity index (χ2n) is 6.30. The predicted octanol–water partition coefficient (Wildman–Crippen LogP) is 3.81. The van der Waals surface area contributed by atoms with Crippen LogP contribution in [0, 0.1) is 0 Å². The molecule has 0 fully saturated rings. The summed E-state index contributed by atoms with van der Waals surface area (Å²) >= 11 is 1.54. The molecule has 1 N–H and O–H groups in total. The molecule has 0 radical (unpaired) electrons. The average molecular weight is 424 g/mol. The number of carbonyl (C=O) groups is 1. The van der Waals surface area contributed by atoms with Gasteiger partial charge in [-0.3, -0.25) is 4.79 Å². The Bertz CT molecular complexity index is 872. The van der Waals surface area contributed by atoms with Crippen molar-refractivity contribution < 1.29 is 13.2 Å². The first-order valence-electron chi connectivity index (χ1n) is 9.57. The fourth-order valence-corrected chi connectivity index (χ4v) is 5.25. The van der Waals surface area contributed by atoms with Gasteiger partial charge in [0.15, 0.2) is 0 Å². The molecule has 0 spiro atoms. The summed E-state index contributed by atoms with van der Waals surface area (Å²) in [6, 6.07) is 6.89. The molecule has 8 heteroatoms. The number of hydrogen-bond acceptors (Lipinski definition) is 5. The fourth-order valence-electron chi connectivity index (χ4n) is 3.10. The van der Waals surface area contributed by atoms with Crippen molar-refractivity contribution in [3.8, 4) is 0 Å². The summed E-state index contributed by atoms with van der Waals surface area (Å²) < 4.78 is 27.2. The van der Waals surface area contributed by atoms with E-state index in [0.717, 1.165) is 24.3 Å². The largest absolute Gasteiger partial charge is 0.370 e. The maximum Gasteiger partial charge on any atom is 0.243 e. The van der Waals surface area contributed by atoms with Crippen molar-refractivity contribution in [1.29, 1.82) is 0 Å². The summed E-state index contributed by atoms with van der Waals surface area (Å²) in [4.78, 5) is 14.8. The van der Waals surface area contributed by atoms with Crippen LogP contribution in [0.25, 0.3) is 0 Å². The van der Waals surface area contributed by atoms with Crippen LogP contribution in [0.3, 0.4) is 0 Å². The third kappa shape index (κ3) is 5.12. The topological polar surface area (TPSA) is 69.7 Å². The van der Waals surface area contributed by atoms with Gasteiger partial charge in [-0.2, -0.15) is 15.6 Å². The van der Waals surface area contributed by atoms with Crippen LogP contribution in [-0.2, 0) is 21.2 Å². The van der Waals surface area contributed by atoms with Gasteiger partial charge in [0, 0.05) is 26.2 Å². The molecule has 2 aromatic rings. The number of rotatable bonds is 10. The molecule has 28 heavy (non-hydrogen) atoms. The highest BCUT2D eigenvalue weighted by atomic mass is 32.2. The van der Waals surface area contributed by atoms with E-state index >= 15 is 0 Å². The number of thiophene rings is 1. The Morgan fingerprint density at radius 3 is 2.25 bits per heavy atom. The number of nitrogens with zero attached hydrogens (tertiary/aromatic N) is 2. The van der Waals surface area contributed by atoms with Crippen LogP contribution < -0.4 is 10.2 Å². The molecule has 0 aliphatic carbocycles. The van der Waals surface area contributed by atoms with E-state index in [2.05, 4.69) is 10.2 Å². The van der Waals surface area contributed by atoms with Crippen molar-refractivity contribution in [3.05, 3.63) is 40.6 Å². The van der Waals surface area contributed by atoms with E-state index in [-0.39, 0.29) is 17.2 Å². The van der Waals surface area contributed by atoms with E-state index in [9.17, 15) is 13.2 Å². The highest BCUT2D eigenvalue weighted by Crippen LogP contribution is 2.30. The second-order valence-corrected chi connectivity index (χ2v) is 9.02. The van der Waals surface area contributed by atoms with Crippen molar-refractivity contribution in [2.75, 3.05) is 36.4 Å². The summed E-state index contributed by atoms with van der Waals surface area (Å²) in [6.45, 7) is 10.00. The van der Waals surface area contributed by atoms with E-state index in [4.69, 9.17) is 0 Å². The van der Waals surface area contributed by atoms with Crippen molar-refractivity contribution in [2.24, 2.45) is 0 Å². The molecule has 0 saturated heterocycles. The molecule has 2 rings (SSSR count). The van der Waals surface area contributed by atoms with Crippen LogP contribution in [0.1, 0.15) is 33.3 Å². The van der Waals surface area contributed by atoms with Gasteiger partial charge in [0.25, 0.3) is 0 Å². The van der Waals surface area contributed by atoms with Crippen molar-refractivity contribution >= 4 is 38.6 Å². The van der Waals surface area contributed by atoms with Crippen LogP contribution in [-0.4, -0.2) is 44.8 Å². The van der Waals surface area contributed by atoms with E-state index < -0.39 is 10.0 Å². The Balaban J connectivity index is 2.41. The molecule has 1 aromatic heterocycles. The highest BCUT2D eigenvalue weighted by molar-refractivity contribution is 7.89. The molecule has 1 aromatic carbocycles. The van der Waals surface area contributed by atoms with Gasteiger partial charge in [0.1, 0.15) is 0 Å². The number of benzene rings is 1. The molecule has 0 aliphatic heterocycles. The number of anilines is 2. The maximum atomic E-state index is 12.9. The Labute approximate surface area is 172 Å². The van der Waals surface area contributed by atoms with Gasteiger partial charge in [-0.25, -0.2) is 8.42 Å². The van der Waals surface area contributed by atoms with E-state index in [1.807, 2.05) is 44.5 Å². The first kappa shape index (κ1) is 22.4. The lowest BCUT2D eigenvalue weighted by Gasteiger charge is -2.26. The lowest BCUT2D eigenvalue weighted by Crippen LogP contribution is -2.31. The monoisotopic (exact) mass is 423 g/mol. The molecule has 0 aliphatic rings. The van der Waals surface area contributed by atoms with Gasteiger partial charge >= 0.3 is 0 Å². The summed E-state index contributed by atoms with van der Waals surface area (Å²) in [5, 5.41) is 6.79. The van der Waals surface area contributed by atoms with E-state index in [1.54, 1.807) is 29.5 Å². The molecule has 1 amide bonds. The van der Waals surface area contributed by atoms with Gasteiger partial charge in [0.2, 0.25) is 15.9 Å². The minimum Gasteiger partial charge on any atom is -0.370 e. The molecule has 6 nitrogen and oxygen atoms in total. The summed E-state index contributed by atoms with van der Waals surface area (Å²) in [7, 11) is -3.60. The van der Waals surface area contributed by atoms with Gasteiger partial charge < -0.3 is 10.2 Å². The lowest BCUT2D eigenvalue weighted by atomic mass is 10.2. The molecule has 0 atom stereocenters. The first-order valence-corrected chi connectivity index (χ1v) is 12.0. The van der Waals surface area contributed by atoms with Crippen molar-refractivity contribution in [3.63, 3.8) is 0 Å². The standard InChI is InChI=1S/C20H29N3O3S2/c1-5-22(6-2)19-10-9-17(28(25,26)23(7-3)8-4)14-18(19)21-20(24)13-16-11-12-27-15-16/h9-12,14-15H,5-8,13H2,1-4H3,(H,21,24). The van der Waals surface area contributed by atoms with Crippen LogP contribution in [0.15, 0.2) is 39.9 Å². The van der Waals surface area contributed by atoms with E-state index in [1.165, 1.54) is 4.31 Å². The summed E-state index contributed by atoms with van der Waals surface area (Å²) in [5.41, 5.74) is 2.29. The Kier molecular flexibility index (Phi) is 8.03. The molecular formula is C20H29N3O3S2. The van der Waals surface area contributed by atoms with Crippen molar-refractivity contribution in [1.82, 2.24) is 4.31 Å². The molecule has 154 valence electrons. The fraction of sp³-hybridized carbons (Fsp3) is 0.450. The first-order chi connectivity index (χ1) is 13.4. The lowest BCUT2D eigenvalue weighted by molar-refractivity contribution is -0.115. The van der Waals surface area contributed by atoms with Crippen LogP contribution >= 0.6 is 11.3 Å². The van der Waals surface area contributed by atoms with Gasteiger partial charge in [0.05, 0.1) is 22.7 Å². The predicted molar refractivity (Wildman–Crippen MR) is 117 cm³/mol. The Morgan fingerprint density at radius 2 is 1.71 bits per heavy atom. The smallest absolute Gasteiger partial charge is 0.243 e. The van der Waals surface area contributed by atoms with Gasteiger partial charge in [-0.15, -0.1) is 0 Å². The SMILES string of the molecule is CCN(CC)c1ccc(S(=O)(=O)N(CC)CC)cc1NC(=O)Cc1ccsc1. The summed E-state index contributed by atoms with van der Waals surface area (Å²) in [6.07, 6.45) is 0.258. The normalized spacial score (nSPS) is 11.6. The molecule has 0 bridgehead atoms. The van der Waals surface area contributed by atoms with Crippen LogP contribution in [0.4, 0.5) is 11.4 Å². The molecule has 0 saturated carbocycles. The zero-order chi connectivity index (χ0) is 20.7. The summed E-state index contributed by atoms with van der Waals surface area (Å²) in [5.74, 6) is -0.163. The number of carbonyl (C=O) groups excluding carboxylic acids is 1. The van der Waals surface area contributed by atoms with Crippen LogP contribution in [0.2, 0.25) is 0 Å². The third-order valence-corrected chi connectivity index (χ3v) is 7.41. The third-order valence-electron chi connectivity index (χ3n) is 4.63. The Hall–Kier alpha value is -1.90. The van der Waals surface area contributed by atoms with Gasteiger partial charge in [-0.05, 0) is 54.4 Å². The number of hydrogen-bond donors (Lipinski definition) is 1. The average Bonchev–Trinajstić information content (AvgIpc) is 3.17. The molecule has 1 heterocycles. The zero-order valence-corrected chi connectivity index (χ0v) is 18.6. The highest BCUT2D eigenvalue weighted by Gasteiger charge is 2.24. The number of amides is 1. The van der Waals surface area contributed by atoms with E-state index in [0.29, 0.717) is 18.8 Å². The number of sulfonamides is 1. The maximum absolute atomic E-state index is 12.9. The second kappa shape index (κ2) is 10.0. The molecule has 0 unspecified atom stereocenters. The Morgan fingerprint density at radius 1 is 1.04 bits per heavy atom. The van der Waals surface area contributed by atoms with Crippen molar-refractivity contribution in [2.45, 2.75) is 39.0 Å². The quantitative estimate of drug-likeness (QED) is 0.631. The minimum atomic E-state index is -3.60. The van der Waals surface area contributed by atoms with Gasteiger partial charge in [-0.1, -0.05) is 13.8 Å².